The van der Waals surface area contributed by atoms with E-state index in [0.717, 1.165) is 5.56 Å². The lowest BCUT2D eigenvalue weighted by molar-refractivity contribution is -0.385. The molecular weight excluding hydrogens is 394 g/mol. The van der Waals surface area contributed by atoms with Crippen LogP contribution in [0.25, 0.3) is 0 Å². The summed E-state index contributed by atoms with van der Waals surface area (Å²) in [5, 5.41) is 15.5. The fourth-order valence-electron chi connectivity index (χ4n) is 2.51. The first-order valence-electron chi connectivity index (χ1n) is 8.57. The zero-order chi connectivity index (χ0) is 20.6. The number of para-hydroxylation sites is 2. The van der Waals surface area contributed by atoms with Gasteiger partial charge >= 0.3 is 0 Å². The molecule has 3 aromatic rings. The summed E-state index contributed by atoms with van der Waals surface area (Å²) in [6.07, 6.45) is 1.23. The summed E-state index contributed by atoms with van der Waals surface area (Å²) >= 11 is 5.87. The number of nitrogens with one attached hydrogen (secondary N) is 1. The van der Waals surface area contributed by atoms with E-state index >= 15 is 0 Å². The molecule has 0 fully saturated rings. The minimum absolute atomic E-state index is 0.0998. The van der Waals surface area contributed by atoms with Crippen LogP contribution in [0.4, 0.5) is 5.69 Å². The Morgan fingerprint density at radius 2 is 1.76 bits per heavy atom. The summed E-state index contributed by atoms with van der Waals surface area (Å²) in [5.74, 6) is -0.104. The number of ether oxygens (including phenoxy) is 1. The van der Waals surface area contributed by atoms with E-state index in [1.165, 1.54) is 18.3 Å². The number of nitro groups is 1. The van der Waals surface area contributed by atoms with Crippen molar-refractivity contribution in [3.05, 3.63) is 105 Å². The van der Waals surface area contributed by atoms with Crippen LogP contribution in [0.1, 0.15) is 21.5 Å². The molecule has 1 N–H and O–H groups in total. The predicted octanol–water partition coefficient (Wildman–Crippen LogP) is 4.59. The van der Waals surface area contributed by atoms with E-state index in [1.807, 2.05) is 12.1 Å². The lowest BCUT2D eigenvalue weighted by Gasteiger charge is -2.10. The number of amides is 1. The van der Waals surface area contributed by atoms with Crippen molar-refractivity contribution in [1.29, 1.82) is 0 Å². The van der Waals surface area contributed by atoms with Gasteiger partial charge in [0.25, 0.3) is 11.6 Å². The van der Waals surface area contributed by atoms with Crippen LogP contribution in [0.2, 0.25) is 5.02 Å². The number of rotatable bonds is 7. The van der Waals surface area contributed by atoms with E-state index in [4.69, 9.17) is 16.3 Å². The average molecular weight is 410 g/mol. The Morgan fingerprint density at radius 3 is 2.52 bits per heavy atom. The van der Waals surface area contributed by atoms with Crippen molar-refractivity contribution >= 4 is 29.4 Å². The molecule has 146 valence electrons. The molecule has 0 aliphatic carbocycles. The Balaban J connectivity index is 1.68. The van der Waals surface area contributed by atoms with Crippen LogP contribution >= 0.6 is 11.6 Å². The van der Waals surface area contributed by atoms with Gasteiger partial charge in [0.2, 0.25) is 0 Å². The molecule has 8 heteroatoms. The smallest absolute Gasteiger partial charge is 0.278 e. The zero-order valence-corrected chi connectivity index (χ0v) is 15.9. The molecule has 0 radical (unpaired) electrons. The summed E-state index contributed by atoms with van der Waals surface area (Å²) in [4.78, 5) is 23.0. The highest BCUT2D eigenvalue weighted by molar-refractivity contribution is 6.30. The van der Waals surface area contributed by atoms with Gasteiger partial charge in [-0.05, 0) is 35.9 Å². The topological polar surface area (TPSA) is 93.8 Å². The van der Waals surface area contributed by atoms with E-state index in [-0.39, 0.29) is 17.9 Å². The van der Waals surface area contributed by atoms with E-state index in [2.05, 4.69) is 10.5 Å². The average Bonchev–Trinajstić information content (AvgIpc) is 2.73. The van der Waals surface area contributed by atoms with Crippen molar-refractivity contribution in [3.8, 4) is 5.75 Å². The van der Waals surface area contributed by atoms with Gasteiger partial charge in [0, 0.05) is 11.1 Å². The zero-order valence-electron chi connectivity index (χ0n) is 15.1. The standard InChI is InChI=1S/C21H16ClN3O4/c22-17-11-9-15(10-12-17)14-29-20-8-4-2-6-18(20)21(26)24-23-13-16-5-1-3-7-19(16)25(27)28/h1-13H,14H2,(H,24,26). The fraction of sp³-hybridized carbons (Fsp3) is 0.0476. The van der Waals surface area contributed by atoms with Crippen molar-refractivity contribution in [2.45, 2.75) is 6.61 Å². The SMILES string of the molecule is O=C(NN=Cc1ccccc1[N+](=O)[O-])c1ccccc1OCc1ccc(Cl)cc1. The number of halogens is 1. The Bertz CT molecular complexity index is 1050. The summed E-state index contributed by atoms with van der Waals surface area (Å²) in [6.45, 7) is 0.265. The van der Waals surface area contributed by atoms with Gasteiger partial charge in [0.05, 0.1) is 22.3 Å². The first-order valence-corrected chi connectivity index (χ1v) is 8.95. The number of carbonyl (C=O) groups excluding carboxylic acids is 1. The van der Waals surface area contributed by atoms with Gasteiger partial charge in [-0.3, -0.25) is 14.9 Å². The molecule has 0 aliphatic rings. The number of nitrogens with zero attached hydrogens (tertiary/aromatic N) is 2. The molecular formula is C21H16ClN3O4. The lowest BCUT2D eigenvalue weighted by Crippen LogP contribution is -2.18. The summed E-state index contributed by atoms with van der Waals surface area (Å²) < 4.78 is 5.75. The van der Waals surface area contributed by atoms with Gasteiger partial charge in [-0.25, -0.2) is 5.43 Å². The molecule has 0 unspecified atom stereocenters. The Kier molecular flexibility index (Phi) is 6.55. The summed E-state index contributed by atoms with van der Waals surface area (Å²) in [7, 11) is 0. The number of hydrogen-bond acceptors (Lipinski definition) is 5. The predicted molar refractivity (Wildman–Crippen MR) is 110 cm³/mol. The number of benzene rings is 3. The molecule has 0 saturated carbocycles. The minimum Gasteiger partial charge on any atom is -0.488 e. The second-order valence-electron chi connectivity index (χ2n) is 5.93. The minimum atomic E-state index is -0.511. The third-order valence-electron chi connectivity index (χ3n) is 3.94. The van der Waals surface area contributed by atoms with Gasteiger partial charge in [-0.2, -0.15) is 5.10 Å². The maximum atomic E-state index is 12.5. The molecule has 3 rings (SSSR count). The maximum absolute atomic E-state index is 12.5. The highest BCUT2D eigenvalue weighted by Crippen LogP contribution is 2.20. The highest BCUT2D eigenvalue weighted by atomic mass is 35.5. The van der Waals surface area contributed by atoms with E-state index in [9.17, 15) is 14.9 Å². The third kappa shape index (κ3) is 5.40. The number of hydrazone groups is 1. The van der Waals surface area contributed by atoms with Crippen LogP contribution in [0, 0.1) is 10.1 Å². The van der Waals surface area contributed by atoms with Crippen molar-refractivity contribution in [2.24, 2.45) is 5.10 Å². The normalized spacial score (nSPS) is 10.7. The molecule has 29 heavy (non-hydrogen) atoms. The Labute approximate surface area is 171 Å². The van der Waals surface area contributed by atoms with Gasteiger partial charge < -0.3 is 4.74 Å². The lowest BCUT2D eigenvalue weighted by atomic mass is 10.2. The van der Waals surface area contributed by atoms with E-state index < -0.39 is 10.8 Å². The Morgan fingerprint density at radius 1 is 1.07 bits per heavy atom. The first-order chi connectivity index (χ1) is 14.0. The molecule has 0 saturated heterocycles. The molecule has 1 amide bonds. The van der Waals surface area contributed by atoms with Crippen molar-refractivity contribution in [3.63, 3.8) is 0 Å². The molecule has 7 nitrogen and oxygen atoms in total. The van der Waals surface area contributed by atoms with Crippen LogP contribution < -0.4 is 10.2 Å². The van der Waals surface area contributed by atoms with Crippen LogP contribution in [0.15, 0.2) is 77.9 Å². The number of hydrogen-bond donors (Lipinski definition) is 1. The van der Waals surface area contributed by atoms with E-state index in [0.29, 0.717) is 16.3 Å². The summed E-state index contributed by atoms with van der Waals surface area (Å²) in [6, 6.07) is 20.0. The molecule has 0 heterocycles. The molecule has 0 atom stereocenters. The van der Waals surface area contributed by atoms with E-state index in [1.54, 1.807) is 48.5 Å². The van der Waals surface area contributed by atoms with Gasteiger partial charge in [-0.15, -0.1) is 0 Å². The number of nitro benzene ring substituents is 1. The van der Waals surface area contributed by atoms with Crippen LogP contribution in [-0.2, 0) is 6.61 Å². The fourth-order valence-corrected chi connectivity index (χ4v) is 2.63. The second kappa shape index (κ2) is 9.48. The van der Waals surface area contributed by atoms with Crippen LogP contribution in [0.3, 0.4) is 0 Å². The molecule has 3 aromatic carbocycles. The van der Waals surface area contributed by atoms with Crippen LogP contribution in [-0.4, -0.2) is 17.0 Å². The summed E-state index contributed by atoms with van der Waals surface area (Å²) in [5.41, 5.74) is 3.75. The largest absolute Gasteiger partial charge is 0.488 e. The monoisotopic (exact) mass is 409 g/mol. The third-order valence-corrected chi connectivity index (χ3v) is 4.19. The van der Waals surface area contributed by atoms with Gasteiger partial charge in [0.15, 0.2) is 0 Å². The van der Waals surface area contributed by atoms with Crippen molar-refractivity contribution < 1.29 is 14.5 Å². The highest BCUT2D eigenvalue weighted by Gasteiger charge is 2.13. The first kappa shape index (κ1) is 20.0. The molecule has 0 bridgehead atoms. The molecule has 0 aliphatic heterocycles. The second-order valence-corrected chi connectivity index (χ2v) is 6.36. The molecule has 0 aromatic heterocycles. The van der Waals surface area contributed by atoms with Gasteiger partial charge in [-0.1, -0.05) is 48.0 Å². The molecule has 0 spiro atoms. The number of carbonyl (C=O) groups is 1. The quantitative estimate of drug-likeness (QED) is 0.351. The van der Waals surface area contributed by atoms with Crippen molar-refractivity contribution in [2.75, 3.05) is 0 Å². The van der Waals surface area contributed by atoms with Crippen LogP contribution in [0.5, 0.6) is 5.75 Å². The Hall–Kier alpha value is -3.71. The van der Waals surface area contributed by atoms with Gasteiger partial charge in [0.1, 0.15) is 12.4 Å². The maximum Gasteiger partial charge on any atom is 0.278 e. The van der Waals surface area contributed by atoms with Crippen molar-refractivity contribution in [1.82, 2.24) is 5.43 Å².